The molecule has 0 atom stereocenters. The number of rotatable bonds is 6. The molecular formula is C21H22N4O5. The second kappa shape index (κ2) is 8.42. The summed E-state index contributed by atoms with van der Waals surface area (Å²) in [4.78, 5) is 20.5. The maximum absolute atomic E-state index is 12.0. The third kappa shape index (κ3) is 4.20. The van der Waals surface area contributed by atoms with E-state index in [-0.39, 0.29) is 12.1 Å². The van der Waals surface area contributed by atoms with Crippen LogP contribution in [0.25, 0.3) is 10.9 Å². The first-order valence-electron chi connectivity index (χ1n) is 9.43. The predicted octanol–water partition coefficient (Wildman–Crippen LogP) is 3.48. The number of methoxy groups -OCH3 is 2. The summed E-state index contributed by atoms with van der Waals surface area (Å²) in [6.07, 6.45) is 2.14. The third-order valence-electron chi connectivity index (χ3n) is 4.80. The Bertz CT molecular complexity index is 1070. The molecule has 0 spiro atoms. The Kier molecular flexibility index (Phi) is 5.53. The van der Waals surface area contributed by atoms with Gasteiger partial charge in [-0.3, -0.25) is 5.32 Å². The van der Waals surface area contributed by atoms with Gasteiger partial charge in [-0.05, 0) is 31.0 Å². The minimum absolute atomic E-state index is 0.112. The minimum Gasteiger partial charge on any atom is -0.493 e. The lowest BCUT2D eigenvalue weighted by Crippen LogP contribution is -2.43. The average Bonchev–Trinajstić information content (AvgIpc) is 2.72. The Balaban J connectivity index is 1.52. The van der Waals surface area contributed by atoms with Gasteiger partial charge in [-0.25, -0.2) is 14.8 Å². The highest BCUT2D eigenvalue weighted by atomic mass is 16.6. The van der Waals surface area contributed by atoms with E-state index in [9.17, 15) is 4.79 Å². The molecule has 0 unspecified atom stereocenters. The summed E-state index contributed by atoms with van der Waals surface area (Å²) in [5.74, 6) is 1.95. The van der Waals surface area contributed by atoms with Crippen molar-refractivity contribution in [3.05, 3.63) is 42.7 Å². The Hall–Kier alpha value is -3.59. The summed E-state index contributed by atoms with van der Waals surface area (Å²) in [6.45, 7) is 0. The molecule has 0 radical (unpaired) electrons. The first kappa shape index (κ1) is 19.7. The summed E-state index contributed by atoms with van der Waals surface area (Å²) in [6, 6.07) is 10.6. The van der Waals surface area contributed by atoms with E-state index in [2.05, 4.69) is 15.3 Å². The number of benzene rings is 2. The fourth-order valence-electron chi connectivity index (χ4n) is 3.19. The van der Waals surface area contributed by atoms with Crippen molar-refractivity contribution in [3.63, 3.8) is 0 Å². The Morgan fingerprint density at radius 1 is 1.10 bits per heavy atom. The second-order valence-electron chi connectivity index (χ2n) is 6.92. The number of amides is 1. The maximum Gasteiger partial charge on any atom is 0.411 e. The van der Waals surface area contributed by atoms with E-state index in [4.69, 9.17) is 24.7 Å². The van der Waals surface area contributed by atoms with Gasteiger partial charge in [0.05, 0.1) is 25.1 Å². The Morgan fingerprint density at radius 2 is 1.87 bits per heavy atom. The zero-order valence-electron chi connectivity index (χ0n) is 16.6. The predicted molar refractivity (Wildman–Crippen MR) is 110 cm³/mol. The van der Waals surface area contributed by atoms with Gasteiger partial charge in [0, 0.05) is 23.9 Å². The topological polar surface area (TPSA) is 118 Å². The number of carbonyl (C=O) groups excluding carboxylic acids is 1. The molecule has 1 aliphatic carbocycles. The highest BCUT2D eigenvalue weighted by Crippen LogP contribution is 2.36. The van der Waals surface area contributed by atoms with Gasteiger partial charge < -0.3 is 24.7 Å². The third-order valence-corrected chi connectivity index (χ3v) is 4.80. The van der Waals surface area contributed by atoms with Crippen molar-refractivity contribution in [1.82, 2.24) is 9.97 Å². The fourth-order valence-corrected chi connectivity index (χ4v) is 3.19. The fraction of sp³-hybridized carbons (Fsp3) is 0.286. The molecule has 156 valence electrons. The molecule has 1 aliphatic rings. The molecule has 0 saturated heterocycles. The molecular weight excluding hydrogens is 388 g/mol. The van der Waals surface area contributed by atoms with Crippen LogP contribution in [0, 0.1) is 0 Å². The average molecular weight is 410 g/mol. The first-order valence-corrected chi connectivity index (χ1v) is 9.43. The quantitative estimate of drug-likeness (QED) is 0.634. The largest absolute Gasteiger partial charge is 0.493 e. The van der Waals surface area contributed by atoms with Gasteiger partial charge in [-0.15, -0.1) is 0 Å². The van der Waals surface area contributed by atoms with Gasteiger partial charge in [0.25, 0.3) is 0 Å². The molecule has 1 saturated carbocycles. The number of fused-ring (bicyclic) bond motifs is 1. The molecule has 30 heavy (non-hydrogen) atoms. The monoisotopic (exact) mass is 410 g/mol. The van der Waals surface area contributed by atoms with Crippen LogP contribution in [0.4, 0.5) is 10.5 Å². The lowest BCUT2D eigenvalue weighted by atomic mass is 9.90. The van der Waals surface area contributed by atoms with E-state index in [1.54, 1.807) is 50.6 Å². The van der Waals surface area contributed by atoms with E-state index in [1.807, 2.05) is 0 Å². The number of hydrogen-bond acceptors (Lipinski definition) is 8. The molecule has 2 aromatic carbocycles. The van der Waals surface area contributed by atoms with Crippen molar-refractivity contribution in [2.45, 2.75) is 25.0 Å². The number of nitrogens with zero attached hydrogens (tertiary/aromatic N) is 2. The highest BCUT2D eigenvalue weighted by Gasteiger charge is 2.29. The van der Waals surface area contributed by atoms with Gasteiger partial charge in [0.1, 0.15) is 18.2 Å². The lowest BCUT2D eigenvalue weighted by Gasteiger charge is -2.31. The standard InChI is InChI=1S/C21H22N4O5/c1-27-18-9-16-17(10-19(18)28-2)23-11-24-20(16)29-14-5-3-4-13(8-14)25-21(26)30-15-6-12(22)7-15/h3-5,8-12,15H,6-7,22H2,1-2H3,(H,25,26). The van der Waals surface area contributed by atoms with Gasteiger partial charge in [0.15, 0.2) is 11.5 Å². The van der Waals surface area contributed by atoms with Gasteiger partial charge in [-0.1, -0.05) is 6.07 Å². The molecule has 9 nitrogen and oxygen atoms in total. The van der Waals surface area contributed by atoms with E-state index < -0.39 is 6.09 Å². The normalized spacial score (nSPS) is 17.7. The van der Waals surface area contributed by atoms with Crippen molar-refractivity contribution >= 4 is 22.7 Å². The van der Waals surface area contributed by atoms with Crippen LogP contribution in [-0.2, 0) is 4.74 Å². The summed E-state index contributed by atoms with van der Waals surface area (Å²) in [5.41, 5.74) is 6.90. The van der Waals surface area contributed by atoms with Gasteiger partial charge in [0.2, 0.25) is 5.88 Å². The SMILES string of the molecule is COc1cc2ncnc(Oc3cccc(NC(=O)OC4CC(N)C4)c3)c2cc1OC. The van der Waals surface area contributed by atoms with Crippen LogP contribution in [0.15, 0.2) is 42.7 Å². The highest BCUT2D eigenvalue weighted by molar-refractivity contribution is 5.87. The minimum atomic E-state index is -0.520. The molecule has 1 fully saturated rings. The van der Waals surface area contributed by atoms with Crippen LogP contribution < -0.4 is 25.3 Å². The van der Waals surface area contributed by atoms with Crippen molar-refractivity contribution in [2.24, 2.45) is 5.73 Å². The molecule has 3 N–H and O–H groups in total. The number of hydrogen-bond donors (Lipinski definition) is 2. The van der Waals surface area contributed by atoms with Gasteiger partial charge in [-0.2, -0.15) is 0 Å². The maximum atomic E-state index is 12.0. The van der Waals surface area contributed by atoms with Crippen LogP contribution in [0.1, 0.15) is 12.8 Å². The van der Waals surface area contributed by atoms with Crippen molar-refractivity contribution in [3.8, 4) is 23.1 Å². The number of nitrogens with two attached hydrogens (primary N) is 1. The van der Waals surface area contributed by atoms with Gasteiger partial charge >= 0.3 is 6.09 Å². The molecule has 0 bridgehead atoms. The van der Waals surface area contributed by atoms with E-state index >= 15 is 0 Å². The van der Waals surface area contributed by atoms with Crippen molar-refractivity contribution in [1.29, 1.82) is 0 Å². The summed E-state index contributed by atoms with van der Waals surface area (Å²) < 4.78 is 21.9. The van der Waals surface area contributed by atoms with E-state index in [0.29, 0.717) is 52.6 Å². The zero-order valence-corrected chi connectivity index (χ0v) is 16.6. The van der Waals surface area contributed by atoms with E-state index in [1.165, 1.54) is 6.33 Å². The smallest absolute Gasteiger partial charge is 0.411 e. The molecule has 9 heteroatoms. The van der Waals surface area contributed by atoms with Crippen molar-refractivity contribution in [2.75, 3.05) is 19.5 Å². The molecule has 4 rings (SSSR count). The second-order valence-corrected chi connectivity index (χ2v) is 6.92. The number of carbonyl (C=O) groups is 1. The Morgan fingerprint density at radius 3 is 2.60 bits per heavy atom. The van der Waals surface area contributed by atoms with Crippen LogP contribution in [0.5, 0.6) is 23.1 Å². The van der Waals surface area contributed by atoms with E-state index in [0.717, 1.165) is 0 Å². The number of anilines is 1. The summed E-state index contributed by atoms with van der Waals surface area (Å²) in [5, 5.41) is 3.36. The van der Waals surface area contributed by atoms with Crippen LogP contribution in [0.3, 0.4) is 0 Å². The van der Waals surface area contributed by atoms with Crippen molar-refractivity contribution < 1.29 is 23.7 Å². The Labute approximate surface area is 173 Å². The number of aromatic nitrogens is 2. The van der Waals surface area contributed by atoms with Crippen LogP contribution >= 0.6 is 0 Å². The molecule has 1 amide bonds. The summed E-state index contributed by atoms with van der Waals surface area (Å²) >= 11 is 0. The number of nitrogens with one attached hydrogen (secondary N) is 1. The van der Waals surface area contributed by atoms with Crippen LogP contribution in [0.2, 0.25) is 0 Å². The molecule has 0 aliphatic heterocycles. The molecule has 1 heterocycles. The first-order chi connectivity index (χ1) is 14.6. The zero-order chi connectivity index (χ0) is 21.1. The molecule has 1 aromatic heterocycles. The lowest BCUT2D eigenvalue weighted by molar-refractivity contribution is 0.0503. The molecule has 3 aromatic rings. The summed E-state index contributed by atoms with van der Waals surface area (Å²) in [7, 11) is 3.12. The van der Waals surface area contributed by atoms with Crippen LogP contribution in [-0.4, -0.2) is 42.4 Å². The number of ether oxygens (including phenoxy) is 4.